The molecule has 276 valence electrons. The van der Waals surface area contributed by atoms with Crippen molar-refractivity contribution in [1.29, 1.82) is 0 Å². The van der Waals surface area contributed by atoms with E-state index < -0.39 is 0 Å². The van der Waals surface area contributed by atoms with Crippen LogP contribution in [0.25, 0.3) is 0 Å². The number of nitrogens with zero attached hydrogens (tertiary/aromatic N) is 4. The molecular formula is C42H66N6O2. The van der Waals surface area contributed by atoms with Gasteiger partial charge in [0.2, 0.25) is 0 Å². The molecule has 8 heteroatoms. The zero-order valence-electron chi connectivity index (χ0n) is 31.7. The molecule has 3 aliphatic carbocycles. The van der Waals surface area contributed by atoms with Crippen LogP contribution in [0.3, 0.4) is 0 Å². The Morgan fingerprint density at radius 3 is 1.12 bits per heavy atom. The maximum absolute atomic E-state index is 13.9. The minimum atomic E-state index is 0.0555. The minimum absolute atomic E-state index is 0.0555. The van der Waals surface area contributed by atoms with E-state index in [2.05, 4.69) is 82.2 Å². The number of nitrogens with one attached hydrogen (secondary N) is 2. The summed E-state index contributed by atoms with van der Waals surface area (Å²) in [5.41, 5.74) is 4.13. The number of hydrogen-bond donors (Lipinski definition) is 2. The molecule has 4 amide bonds. The van der Waals surface area contributed by atoms with Gasteiger partial charge in [0.25, 0.3) is 0 Å². The second-order valence-corrected chi connectivity index (χ2v) is 15.1. The first kappa shape index (κ1) is 37.8. The van der Waals surface area contributed by atoms with Gasteiger partial charge in [-0.15, -0.1) is 0 Å². The number of carbonyl (C=O) groups excluding carboxylic acids is 2. The molecule has 2 aromatic rings. The van der Waals surface area contributed by atoms with Gasteiger partial charge in [-0.3, -0.25) is 0 Å². The van der Waals surface area contributed by atoms with E-state index in [1.54, 1.807) is 0 Å². The Morgan fingerprint density at radius 1 is 0.500 bits per heavy atom. The molecule has 3 aliphatic rings. The maximum atomic E-state index is 13.9. The van der Waals surface area contributed by atoms with Crippen LogP contribution in [0.5, 0.6) is 0 Å². The predicted molar refractivity (Wildman–Crippen MR) is 211 cm³/mol. The Morgan fingerprint density at radius 2 is 0.820 bits per heavy atom. The smallest absolute Gasteiger partial charge is 0.322 e. The van der Waals surface area contributed by atoms with Gasteiger partial charge >= 0.3 is 12.1 Å². The molecule has 50 heavy (non-hydrogen) atoms. The van der Waals surface area contributed by atoms with Crippen molar-refractivity contribution in [2.45, 2.75) is 130 Å². The lowest BCUT2D eigenvalue weighted by Gasteiger charge is -2.40. The highest BCUT2D eigenvalue weighted by Crippen LogP contribution is 2.34. The van der Waals surface area contributed by atoms with Crippen LogP contribution in [0.15, 0.2) is 48.5 Å². The third-order valence-electron chi connectivity index (χ3n) is 11.9. The number of carbonyl (C=O) groups is 2. The van der Waals surface area contributed by atoms with Gasteiger partial charge in [0.1, 0.15) is 0 Å². The van der Waals surface area contributed by atoms with Gasteiger partial charge in [0, 0.05) is 74.1 Å². The molecule has 8 nitrogen and oxygen atoms in total. The van der Waals surface area contributed by atoms with Gasteiger partial charge in [-0.1, -0.05) is 38.5 Å². The van der Waals surface area contributed by atoms with Gasteiger partial charge in [-0.2, -0.15) is 0 Å². The van der Waals surface area contributed by atoms with Crippen LogP contribution < -0.4 is 20.4 Å². The highest BCUT2D eigenvalue weighted by Gasteiger charge is 2.33. The number of hydrogen-bond acceptors (Lipinski definition) is 4. The minimum Gasteiger partial charge on any atom is -0.372 e. The van der Waals surface area contributed by atoms with Crippen LogP contribution in [0.1, 0.15) is 118 Å². The largest absolute Gasteiger partial charge is 0.372 e. The molecule has 0 aromatic heterocycles. The Balaban J connectivity index is 1.18. The maximum Gasteiger partial charge on any atom is 0.322 e. The van der Waals surface area contributed by atoms with Gasteiger partial charge in [-0.05, 0) is 139 Å². The van der Waals surface area contributed by atoms with Crippen LogP contribution in [0.2, 0.25) is 0 Å². The molecule has 0 bridgehead atoms. The highest BCUT2D eigenvalue weighted by atomic mass is 16.2. The van der Waals surface area contributed by atoms with E-state index in [9.17, 15) is 9.59 Å². The summed E-state index contributed by atoms with van der Waals surface area (Å²) < 4.78 is 0. The summed E-state index contributed by atoms with van der Waals surface area (Å²) in [6.45, 7) is 14.2. The Hall–Kier alpha value is -3.42. The van der Waals surface area contributed by atoms with Crippen molar-refractivity contribution in [2.75, 3.05) is 59.7 Å². The van der Waals surface area contributed by atoms with Gasteiger partial charge in [0.15, 0.2) is 0 Å². The van der Waals surface area contributed by atoms with E-state index in [0.717, 1.165) is 102 Å². The zero-order valence-corrected chi connectivity index (χ0v) is 31.7. The molecule has 0 saturated heterocycles. The topological polar surface area (TPSA) is 71.2 Å². The van der Waals surface area contributed by atoms with Crippen molar-refractivity contribution in [1.82, 2.24) is 9.80 Å². The predicted octanol–water partition coefficient (Wildman–Crippen LogP) is 10.2. The molecule has 3 fully saturated rings. The quantitative estimate of drug-likeness (QED) is 0.208. The van der Waals surface area contributed by atoms with Crippen LogP contribution in [-0.2, 0) is 0 Å². The van der Waals surface area contributed by atoms with Crippen LogP contribution in [0.4, 0.5) is 32.3 Å². The first-order valence-electron chi connectivity index (χ1n) is 20.3. The average molecular weight is 687 g/mol. The van der Waals surface area contributed by atoms with Crippen molar-refractivity contribution < 1.29 is 9.59 Å². The second-order valence-electron chi connectivity index (χ2n) is 15.1. The SMILES string of the molecule is CCN(CC)c1ccc(NC(=O)N(C[C@H]2CC[C@H](CN(C(=O)Nc3ccc(N(CC)CC)cc3)C3CCCCC3)CC2)C2CCCCC2)cc1. The number of benzene rings is 2. The lowest BCUT2D eigenvalue weighted by atomic mass is 9.80. The Kier molecular flexibility index (Phi) is 14.6. The normalized spacial score (nSPS) is 20.2. The zero-order chi connectivity index (χ0) is 35.3. The van der Waals surface area contributed by atoms with Crippen molar-refractivity contribution in [2.24, 2.45) is 11.8 Å². The van der Waals surface area contributed by atoms with Crippen LogP contribution >= 0.6 is 0 Å². The van der Waals surface area contributed by atoms with Crippen molar-refractivity contribution in [3.63, 3.8) is 0 Å². The molecule has 0 radical (unpaired) electrons. The third-order valence-corrected chi connectivity index (χ3v) is 11.9. The summed E-state index contributed by atoms with van der Waals surface area (Å²) in [7, 11) is 0. The van der Waals surface area contributed by atoms with Crippen molar-refractivity contribution >= 4 is 34.8 Å². The summed E-state index contributed by atoms with van der Waals surface area (Å²) in [4.78, 5) is 36.7. The molecule has 3 saturated carbocycles. The number of urea groups is 2. The monoisotopic (exact) mass is 687 g/mol. The van der Waals surface area contributed by atoms with Crippen LogP contribution in [0, 0.1) is 11.8 Å². The molecular weight excluding hydrogens is 621 g/mol. The molecule has 0 atom stereocenters. The van der Waals surface area contributed by atoms with E-state index in [-0.39, 0.29) is 12.1 Å². The number of anilines is 4. The van der Waals surface area contributed by atoms with E-state index in [1.807, 2.05) is 24.3 Å². The first-order chi connectivity index (χ1) is 24.4. The lowest BCUT2D eigenvalue weighted by Crippen LogP contribution is -2.48. The Labute approximate surface area is 303 Å². The number of rotatable bonds is 14. The summed E-state index contributed by atoms with van der Waals surface area (Å²) in [6.07, 6.45) is 16.3. The summed E-state index contributed by atoms with van der Waals surface area (Å²) in [6, 6.07) is 17.4. The first-order valence-corrected chi connectivity index (χ1v) is 20.3. The molecule has 2 N–H and O–H groups in total. The molecule has 2 aromatic carbocycles. The summed E-state index contributed by atoms with van der Waals surface area (Å²) in [5.74, 6) is 1.01. The molecule has 0 aliphatic heterocycles. The van der Waals surface area contributed by atoms with Gasteiger partial charge in [0.05, 0.1) is 0 Å². The fraction of sp³-hybridized carbons (Fsp3) is 0.667. The average Bonchev–Trinajstić information content (AvgIpc) is 3.16. The van der Waals surface area contributed by atoms with Crippen molar-refractivity contribution in [3.05, 3.63) is 48.5 Å². The van der Waals surface area contributed by atoms with Crippen molar-refractivity contribution in [3.8, 4) is 0 Å². The van der Waals surface area contributed by atoms with Gasteiger partial charge < -0.3 is 30.2 Å². The number of amides is 4. The molecule has 5 rings (SSSR count). The lowest BCUT2D eigenvalue weighted by molar-refractivity contribution is 0.117. The summed E-state index contributed by atoms with van der Waals surface area (Å²) in [5, 5.41) is 6.53. The summed E-state index contributed by atoms with van der Waals surface area (Å²) >= 11 is 0. The van der Waals surface area contributed by atoms with E-state index in [0.29, 0.717) is 23.9 Å². The Bertz CT molecular complexity index is 1190. The fourth-order valence-corrected chi connectivity index (χ4v) is 8.81. The third kappa shape index (κ3) is 10.3. The fourth-order valence-electron chi connectivity index (χ4n) is 8.81. The van der Waals surface area contributed by atoms with E-state index in [1.165, 1.54) is 49.9 Å². The second kappa shape index (κ2) is 19.3. The van der Waals surface area contributed by atoms with Gasteiger partial charge in [-0.25, -0.2) is 9.59 Å². The van der Waals surface area contributed by atoms with Crippen LogP contribution in [-0.4, -0.2) is 73.2 Å². The highest BCUT2D eigenvalue weighted by molar-refractivity contribution is 5.90. The van der Waals surface area contributed by atoms with E-state index in [4.69, 9.17) is 0 Å². The molecule has 0 heterocycles. The standard InChI is InChI=1S/C42H66N6O2/c1-5-45(6-2)37-27-23-35(24-28-37)43-41(49)47(39-15-11-9-12-16-39)31-33-19-21-34(22-20-33)32-48(40-17-13-10-14-18-40)42(50)44-36-25-29-38(30-26-36)46(7-3)8-4/h23-30,33-34,39-40H,5-22,31-32H2,1-4H3,(H,43,49)(H,44,50)/t33-,34-. The van der Waals surface area contributed by atoms with E-state index >= 15 is 0 Å². The molecule has 0 unspecified atom stereocenters. The molecule has 0 spiro atoms.